The molecule has 64 valence electrons. The van der Waals surface area contributed by atoms with E-state index in [2.05, 4.69) is 6.61 Å². The Morgan fingerprint density at radius 2 is 1.31 bits per heavy atom. The maximum absolute atomic E-state index is 8.72. The Bertz CT molecular complexity index is 137. The molecule has 0 unspecified atom stereocenters. The molecule has 0 aliphatic carbocycles. The predicted octanol–water partition coefficient (Wildman–Crippen LogP) is -6.00. The molecular formula is CHAsCa2CdO7S. The summed E-state index contributed by atoms with van der Waals surface area (Å²) in [6.45, 7) is 4.21. The van der Waals surface area contributed by atoms with Gasteiger partial charge in [-0.1, -0.05) is 0 Å². The first-order valence-electron chi connectivity index (χ1n) is 1.65. The molecule has 0 spiro atoms. The molecule has 7 nitrogen and oxygen atoms in total. The number of carbonyl (C=O) groups excluding carboxylic acids is 1. The maximum atomic E-state index is 8.72. The normalized spacial score (nSPS) is 6.85. The number of hydrogen-bond donors (Lipinski definition) is 1. The molecule has 0 heterocycles. The minimum atomic E-state index is -5.62. The van der Waals surface area contributed by atoms with Crippen molar-refractivity contribution in [3.05, 3.63) is 0 Å². The molecule has 0 atom stereocenters. The second kappa shape index (κ2) is 20.6. The van der Waals surface area contributed by atoms with Crippen molar-refractivity contribution >= 4 is 98.3 Å². The van der Waals surface area contributed by atoms with E-state index in [1.807, 2.05) is 0 Å². The molecule has 0 saturated heterocycles. The molecule has 0 amide bonds. The number of carbonyl (C=O) groups is 1. The van der Waals surface area contributed by atoms with E-state index in [1.54, 1.807) is 0 Å². The van der Waals surface area contributed by atoms with Crippen molar-refractivity contribution in [3.8, 4) is 0 Å². The molecular weight excluding hydrogens is 424 g/mol. The molecule has 0 aromatic rings. The molecule has 12 heteroatoms. The van der Waals surface area contributed by atoms with Gasteiger partial charge >= 0.3 is 136 Å². The van der Waals surface area contributed by atoms with Crippen molar-refractivity contribution in [2.24, 2.45) is 0 Å². The van der Waals surface area contributed by atoms with Crippen LogP contribution < -0.4 is 18.4 Å². The summed E-state index contributed by atoms with van der Waals surface area (Å²) in [7, 11) is 0. The van der Waals surface area contributed by atoms with Gasteiger partial charge in [0.15, 0.2) is 0 Å². The van der Waals surface area contributed by atoms with Crippen LogP contribution in [0.4, 0.5) is 4.79 Å². The van der Waals surface area contributed by atoms with Crippen molar-refractivity contribution in [3.63, 3.8) is 0 Å². The van der Waals surface area contributed by atoms with E-state index >= 15 is 0 Å². The van der Waals surface area contributed by atoms with Gasteiger partial charge in [0.2, 0.25) is 0 Å². The Morgan fingerprint density at radius 3 is 1.31 bits per heavy atom. The van der Waals surface area contributed by atoms with E-state index in [0.717, 1.165) is 33.3 Å². The molecule has 0 aliphatic rings. The Labute approximate surface area is 153 Å². The zero-order valence-corrected chi connectivity index (χ0v) is 17.5. The summed E-state index contributed by atoms with van der Waals surface area (Å²) >= 11 is -4.67. The fourth-order valence-electron chi connectivity index (χ4n) is 0. The van der Waals surface area contributed by atoms with Crippen LogP contribution in [0.2, 0.25) is 0 Å². The fourth-order valence-corrected chi connectivity index (χ4v) is 0. The Balaban J connectivity index is -0.0000000246. The van der Waals surface area contributed by atoms with E-state index in [1.165, 1.54) is 0 Å². The predicted molar refractivity (Wildman–Crippen MR) is 33.2 cm³/mol. The van der Waals surface area contributed by atoms with Gasteiger partial charge in [-0.15, -0.1) is 0 Å². The molecule has 0 saturated carbocycles. The molecule has 0 radical (unpaired) electrons. The van der Waals surface area contributed by atoms with E-state index in [4.69, 9.17) is 31.0 Å². The van der Waals surface area contributed by atoms with Gasteiger partial charge in [-0.3, -0.25) is 0 Å². The van der Waals surface area contributed by atoms with Gasteiger partial charge in [0, 0.05) is 0 Å². The fraction of sp³-hybridized carbons (Fsp3) is 0. The molecule has 13 heavy (non-hydrogen) atoms. The third kappa shape index (κ3) is 262. The number of carboxylic acid groups (broad SMARTS) is 2. The van der Waals surface area contributed by atoms with Crippen LogP contribution >= 0.6 is 6.61 Å². The van der Waals surface area contributed by atoms with Crippen LogP contribution in [-0.4, -0.2) is 95.8 Å². The van der Waals surface area contributed by atoms with Crippen LogP contribution in [-0.2, 0) is 31.0 Å². The van der Waals surface area contributed by atoms with Crippen LogP contribution in [0.1, 0.15) is 0 Å². The van der Waals surface area contributed by atoms with Crippen LogP contribution in [0.3, 0.4) is 0 Å². The zero-order valence-electron chi connectivity index (χ0n) is 6.37. The van der Waals surface area contributed by atoms with Crippen molar-refractivity contribution < 1.29 is 58.3 Å². The molecule has 0 aromatic carbocycles. The van der Waals surface area contributed by atoms with Gasteiger partial charge in [0.1, 0.15) is 0 Å². The summed E-state index contributed by atoms with van der Waals surface area (Å²) < 4.78 is 33.2. The van der Waals surface area contributed by atoms with Gasteiger partial charge in [0.05, 0.1) is 0 Å². The van der Waals surface area contributed by atoms with E-state index in [9.17, 15) is 0 Å². The second-order valence-corrected chi connectivity index (χ2v) is 2.68. The summed E-state index contributed by atoms with van der Waals surface area (Å²) in [5, 5.41) is 16.7. The molecule has 1 N–H and O–H groups in total. The Kier molecular flexibility index (Phi) is 47.2. The zero-order chi connectivity index (χ0) is 10.1. The Morgan fingerprint density at radius 1 is 1.31 bits per heavy atom. The summed E-state index contributed by atoms with van der Waals surface area (Å²) in [4.78, 5) is 8.33. The van der Waals surface area contributed by atoms with Gasteiger partial charge < -0.3 is 15.0 Å². The van der Waals surface area contributed by atoms with Gasteiger partial charge in [0.25, 0.3) is 0 Å². The SMILES string of the molecule is O=C([O-])[O-].O=[As]([O-])([O-])O.[Ca+2].[Cd+2].[S]=[Ca]. The molecule has 0 aromatic heterocycles. The third-order valence-electron chi connectivity index (χ3n) is 0. The van der Waals surface area contributed by atoms with Gasteiger partial charge in [-0.2, -0.15) is 0 Å². The third-order valence-corrected chi connectivity index (χ3v) is 0. The van der Waals surface area contributed by atoms with Crippen molar-refractivity contribution in [1.82, 2.24) is 0 Å². The first kappa shape index (κ1) is 29.8. The quantitative estimate of drug-likeness (QED) is 0.378. The standard InChI is InChI=1S/CH2O3.AsH3O4.2Ca.Cd.S/c2-1(3)4;2-1(3,4)5;;;;/h(H2,2,3,4);(H3,2,3,4,5);;;;/q;;;2*+2;/p-4. The summed E-state index contributed by atoms with van der Waals surface area (Å²) in [6.07, 6.45) is -2.33. The monoisotopic (exact) mass is 426 g/mol. The van der Waals surface area contributed by atoms with Gasteiger partial charge in [-0.25, -0.2) is 0 Å². The van der Waals surface area contributed by atoms with Crippen LogP contribution in [0.5, 0.6) is 0 Å². The molecule has 0 bridgehead atoms. The topological polar surface area (TPSA) is 147 Å². The van der Waals surface area contributed by atoms with E-state index in [-0.39, 0.29) is 65.0 Å². The van der Waals surface area contributed by atoms with Crippen molar-refractivity contribution in [2.75, 3.05) is 0 Å². The molecule has 0 rings (SSSR count). The van der Waals surface area contributed by atoms with Gasteiger partial charge in [-0.05, 0) is 6.16 Å². The average Bonchev–Trinajstić information content (AvgIpc) is 1.63. The molecule has 0 aliphatic heterocycles. The average molecular weight is 425 g/mol. The van der Waals surface area contributed by atoms with Crippen LogP contribution in [0, 0.1) is 0 Å². The first-order chi connectivity index (χ1) is 4.73. The number of rotatable bonds is 0. The second-order valence-electron chi connectivity index (χ2n) is 0.719. The van der Waals surface area contributed by atoms with E-state index in [0.29, 0.717) is 0 Å². The van der Waals surface area contributed by atoms with Crippen molar-refractivity contribution in [1.29, 1.82) is 0 Å². The minimum absolute atomic E-state index is 0. The van der Waals surface area contributed by atoms with E-state index < -0.39 is 20.7 Å². The summed E-state index contributed by atoms with van der Waals surface area (Å²) in [6, 6.07) is 0. The number of hydrogen-bond acceptors (Lipinski definition) is 7. The van der Waals surface area contributed by atoms with Crippen LogP contribution in [0.25, 0.3) is 0 Å². The molecule has 0 fully saturated rings. The Hall–Kier alpha value is 3.17. The first-order valence-corrected chi connectivity index (χ1v) is 8.07. The van der Waals surface area contributed by atoms with Crippen molar-refractivity contribution in [2.45, 2.75) is 0 Å². The summed E-state index contributed by atoms with van der Waals surface area (Å²) in [5.41, 5.74) is 0. The van der Waals surface area contributed by atoms with Crippen LogP contribution in [0.15, 0.2) is 0 Å². The summed E-state index contributed by atoms with van der Waals surface area (Å²) in [5.74, 6) is 0.